The van der Waals surface area contributed by atoms with Crippen LogP contribution in [-0.2, 0) is 14.4 Å². The number of hydrogen-bond acceptors (Lipinski definition) is 4. The summed E-state index contributed by atoms with van der Waals surface area (Å²) < 4.78 is 0. The van der Waals surface area contributed by atoms with Gasteiger partial charge >= 0.3 is 5.97 Å². The van der Waals surface area contributed by atoms with E-state index in [9.17, 15) is 14.4 Å². The molecule has 1 heterocycles. The second kappa shape index (κ2) is 6.62. The van der Waals surface area contributed by atoms with Crippen molar-refractivity contribution in [3.63, 3.8) is 0 Å². The Balaban J connectivity index is 1.97. The summed E-state index contributed by atoms with van der Waals surface area (Å²) >= 11 is 1.45. The molecule has 0 fully saturated rings. The molecule has 1 aliphatic heterocycles. The molecule has 0 saturated heterocycles. The van der Waals surface area contributed by atoms with Crippen molar-refractivity contribution in [2.75, 3.05) is 16.4 Å². The van der Waals surface area contributed by atoms with Crippen LogP contribution in [0.15, 0.2) is 23.1 Å². The quantitative estimate of drug-likeness (QED) is 0.775. The molecular formula is C14H16N2O4S. The topological polar surface area (TPSA) is 95.5 Å². The first-order chi connectivity index (χ1) is 9.94. The maximum Gasteiger partial charge on any atom is 0.303 e. The minimum atomic E-state index is -0.913. The lowest BCUT2D eigenvalue weighted by Gasteiger charge is -2.17. The van der Waals surface area contributed by atoms with Gasteiger partial charge in [-0.25, -0.2) is 0 Å². The summed E-state index contributed by atoms with van der Waals surface area (Å²) in [6, 6.07) is 5.32. The largest absolute Gasteiger partial charge is 0.481 e. The summed E-state index contributed by atoms with van der Waals surface area (Å²) in [4.78, 5) is 34.7. The number of carbonyl (C=O) groups is 3. The van der Waals surface area contributed by atoms with E-state index in [2.05, 4.69) is 10.6 Å². The Hall–Kier alpha value is -2.02. The van der Waals surface area contributed by atoms with Gasteiger partial charge in [0.25, 0.3) is 0 Å². The zero-order valence-corrected chi connectivity index (χ0v) is 12.3. The molecule has 1 aromatic carbocycles. The molecule has 7 heteroatoms. The summed E-state index contributed by atoms with van der Waals surface area (Å²) in [5.41, 5.74) is 1.27. The van der Waals surface area contributed by atoms with Gasteiger partial charge in [0.05, 0.1) is 11.4 Å². The van der Waals surface area contributed by atoms with Gasteiger partial charge in [-0.3, -0.25) is 14.4 Å². The van der Waals surface area contributed by atoms with Gasteiger partial charge in [-0.1, -0.05) is 6.92 Å². The number of carboxylic acids is 1. The molecule has 0 bridgehead atoms. The number of nitrogens with one attached hydrogen (secondary N) is 2. The van der Waals surface area contributed by atoms with E-state index in [0.29, 0.717) is 17.1 Å². The molecule has 21 heavy (non-hydrogen) atoms. The SMILES string of the molecule is CC(CC(=O)O)CC(=O)Nc1ccc2c(c1)NC(=O)CS2. The summed E-state index contributed by atoms with van der Waals surface area (Å²) in [6.07, 6.45) is 0.106. The Kier molecular flexibility index (Phi) is 4.85. The first kappa shape index (κ1) is 15.4. The van der Waals surface area contributed by atoms with Crippen LogP contribution in [-0.4, -0.2) is 28.6 Å². The normalized spacial score (nSPS) is 14.8. The van der Waals surface area contributed by atoms with Crippen LogP contribution in [0, 0.1) is 5.92 Å². The molecule has 112 valence electrons. The highest BCUT2D eigenvalue weighted by molar-refractivity contribution is 8.00. The van der Waals surface area contributed by atoms with Gasteiger partial charge in [-0.15, -0.1) is 11.8 Å². The van der Waals surface area contributed by atoms with Crippen LogP contribution in [0.1, 0.15) is 19.8 Å². The van der Waals surface area contributed by atoms with E-state index in [4.69, 9.17) is 5.11 Å². The number of carbonyl (C=O) groups excluding carboxylic acids is 2. The van der Waals surface area contributed by atoms with Crippen molar-refractivity contribution in [1.29, 1.82) is 0 Å². The summed E-state index contributed by atoms with van der Waals surface area (Å²) in [6.45, 7) is 1.72. The fraction of sp³-hybridized carbons (Fsp3) is 0.357. The fourth-order valence-electron chi connectivity index (χ4n) is 2.06. The van der Waals surface area contributed by atoms with Crippen LogP contribution in [0.4, 0.5) is 11.4 Å². The lowest BCUT2D eigenvalue weighted by Crippen LogP contribution is -2.20. The highest BCUT2D eigenvalue weighted by atomic mass is 32.2. The van der Waals surface area contributed by atoms with E-state index in [-0.39, 0.29) is 30.6 Å². The fourth-order valence-corrected chi connectivity index (χ4v) is 2.85. The minimum absolute atomic E-state index is 0.0374. The molecule has 2 amide bonds. The summed E-state index contributed by atoms with van der Waals surface area (Å²) in [5.74, 6) is -1.05. The first-order valence-electron chi connectivity index (χ1n) is 6.52. The first-order valence-corrected chi connectivity index (χ1v) is 7.51. The lowest BCUT2D eigenvalue weighted by atomic mass is 10.0. The zero-order chi connectivity index (χ0) is 15.4. The highest BCUT2D eigenvalue weighted by Gasteiger charge is 2.17. The molecule has 1 aliphatic rings. The number of benzene rings is 1. The highest BCUT2D eigenvalue weighted by Crippen LogP contribution is 2.33. The van der Waals surface area contributed by atoms with Gasteiger partial charge in [0.1, 0.15) is 0 Å². The van der Waals surface area contributed by atoms with Crippen LogP contribution in [0.5, 0.6) is 0 Å². The number of aliphatic carboxylic acids is 1. The Morgan fingerprint density at radius 3 is 2.90 bits per heavy atom. The van der Waals surface area contributed by atoms with E-state index >= 15 is 0 Å². The zero-order valence-electron chi connectivity index (χ0n) is 11.5. The van der Waals surface area contributed by atoms with E-state index in [0.717, 1.165) is 4.90 Å². The second-order valence-corrected chi connectivity index (χ2v) is 6.02. The monoisotopic (exact) mass is 308 g/mol. The van der Waals surface area contributed by atoms with Crippen molar-refractivity contribution >= 4 is 40.9 Å². The molecule has 1 atom stereocenters. The third-order valence-electron chi connectivity index (χ3n) is 2.95. The van der Waals surface area contributed by atoms with Gasteiger partial charge in [0.15, 0.2) is 0 Å². The molecule has 0 radical (unpaired) electrons. The Morgan fingerprint density at radius 2 is 2.19 bits per heavy atom. The minimum Gasteiger partial charge on any atom is -0.481 e. The Labute approximate surface area is 126 Å². The van der Waals surface area contributed by atoms with E-state index in [1.54, 1.807) is 19.1 Å². The van der Waals surface area contributed by atoms with Gasteiger partial charge in [-0.05, 0) is 24.1 Å². The molecule has 0 spiro atoms. The van der Waals surface area contributed by atoms with Crippen LogP contribution in [0.25, 0.3) is 0 Å². The standard InChI is InChI=1S/C14H16N2O4S/c1-8(5-14(19)20)4-12(17)15-9-2-3-11-10(6-9)16-13(18)7-21-11/h2-3,6,8H,4-5,7H2,1H3,(H,15,17)(H,16,18)(H,19,20). The predicted molar refractivity (Wildman–Crippen MR) is 80.5 cm³/mol. The van der Waals surface area contributed by atoms with Crippen molar-refractivity contribution in [1.82, 2.24) is 0 Å². The Bertz CT molecular complexity index is 588. The molecule has 0 aromatic heterocycles. The maximum atomic E-state index is 11.8. The molecular weight excluding hydrogens is 292 g/mol. The molecule has 0 saturated carbocycles. The number of amides is 2. The predicted octanol–water partition coefficient (Wildman–Crippen LogP) is 2.17. The summed E-state index contributed by atoms with van der Waals surface area (Å²) in [7, 11) is 0. The number of thioether (sulfide) groups is 1. The van der Waals surface area contributed by atoms with E-state index in [1.165, 1.54) is 11.8 Å². The lowest BCUT2D eigenvalue weighted by molar-refractivity contribution is -0.138. The summed E-state index contributed by atoms with van der Waals surface area (Å²) in [5, 5.41) is 14.1. The van der Waals surface area contributed by atoms with Gasteiger partial charge in [0.2, 0.25) is 11.8 Å². The molecule has 1 aromatic rings. The van der Waals surface area contributed by atoms with Crippen LogP contribution < -0.4 is 10.6 Å². The van der Waals surface area contributed by atoms with E-state index < -0.39 is 5.97 Å². The smallest absolute Gasteiger partial charge is 0.303 e. The van der Waals surface area contributed by atoms with Crippen molar-refractivity contribution < 1.29 is 19.5 Å². The molecule has 1 unspecified atom stereocenters. The average Bonchev–Trinajstić information content (AvgIpc) is 2.36. The molecule has 0 aliphatic carbocycles. The van der Waals surface area contributed by atoms with Gasteiger partial charge in [0, 0.05) is 23.4 Å². The van der Waals surface area contributed by atoms with Gasteiger partial charge in [-0.2, -0.15) is 0 Å². The van der Waals surface area contributed by atoms with Crippen LogP contribution in [0.3, 0.4) is 0 Å². The third kappa shape index (κ3) is 4.49. The van der Waals surface area contributed by atoms with Crippen molar-refractivity contribution in [2.45, 2.75) is 24.7 Å². The van der Waals surface area contributed by atoms with Crippen LogP contribution in [0.2, 0.25) is 0 Å². The number of fused-ring (bicyclic) bond motifs is 1. The number of rotatable bonds is 5. The van der Waals surface area contributed by atoms with Gasteiger partial charge < -0.3 is 15.7 Å². The third-order valence-corrected chi connectivity index (χ3v) is 4.03. The molecule has 3 N–H and O–H groups in total. The Morgan fingerprint density at radius 1 is 1.43 bits per heavy atom. The number of carboxylic acid groups (broad SMARTS) is 1. The van der Waals surface area contributed by atoms with Crippen molar-refractivity contribution in [3.05, 3.63) is 18.2 Å². The van der Waals surface area contributed by atoms with Crippen molar-refractivity contribution in [3.8, 4) is 0 Å². The van der Waals surface area contributed by atoms with E-state index in [1.807, 2.05) is 6.07 Å². The second-order valence-electron chi connectivity index (χ2n) is 5.00. The van der Waals surface area contributed by atoms with Crippen molar-refractivity contribution in [2.24, 2.45) is 5.92 Å². The molecule has 6 nitrogen and oxygen atoms in total. The average molecular weight is 308 g/mol. The number of anilines is 2. The molecule has 2 rings (SSSR count). The van der Waals surface area contributed by atoms with Crippen LogP contribution >= 0.6 is 11.8 Å². The number of hydrogen-bond donors (Lipinski definition) is 3. The maximum absolute atomic E-state index is 11.8.